The van der Waals surface area contributed by atoms with E-state index >= 15 is 0 Å². The van der Waals surface area contributed by atoms with Crippen molar-refractivity contribution in [2.24, 2.45) is 46.8 Å². The fraction of sp³-hybridized carbons (Fsp3) is 0.594. The molecule has 1 aromatic rings. The van der Waals surface area contributed by atoms with Crippen LogP contribution < -0.4 is 5.32 Å². The zero-order valence-corrected chi connectivity index (χ0v) is 23.2. The lowest BCUT2D eigenvalue weighted by Crippen LogP contribution is -2.50. The number of hydrogen-bond acceptors (Lipinski definition) is 4. The van der Waals surface area contributed by atoms with Gasteiger partial charge in [0, 0.05) is 11.8 Å². The van der Waals surface area contributed by atoms with Crippen LogP contribution in [0.1, 0.15) is 72.8 Å². The van der Waals surface area contributed by atoms with Crippen LogP contribution in [0.15, 0.2) is 47.6 Å². The SMILES string of the molecule is CC[C@H](C)/C=C(\C)[C@H]1C(C)=C[C@]2(C)C[C@H](C)CC[C@H]2[C@@H]1C(=O)[C@H]1C(=O)NC(=O)[C@H]1Cc1ccc(O)cc1. The van der Waals surface area contributed by atoms with Gasteiger partial charge in [-0.05, 0) is 74.0 Å². The average molecular weight is 506 g/mol. The van der Waals surface area contributed by atoms with E-state index in [1.807, 2.05) is 0 Å². The number of benzene rings is 1. The summed E-state index contributed by atoms with van der Waals surface area (Å²) in [5.74, 6) is -1.72. The van der Waals surface area contributed by atoms with Crippen LogP contribution in [0.3, 0.4) is 0 Å². The van der Waals surface area contributed by atoms with Crippen LogP contribution in [0, 0.1) is 46.8 Å². The summed E-state index contributed by atoms with van der Waals surface area (Å²) >= 11 is 0. The van der Waals surface area contributed by atoms with Gasteiger partial charge in [0.2, 0.25) is 11.8 Å². The first kappa shape index (κ1) is 27.3. The number of carbonyl (C=O) groups excluding carboxylic acids is 3. The molecule has 5 nitrogen and oxygen atoms in total. The number of rotatable bonds is 7. The van der Waals surface area contributed by atoms with Gasteiger partial charge in [-0.25, -0.2) is 0 Å². The maximum absolute atomic E-state index is 14.6. The van der Waals surface area contributed by atoms with Crippen molar-refractivity contribution >= 4 is 17.6 Å². The summed E-state index contributed by atoms with van der Waals surface area (Å²) in [6, 6.07) is 6.65. The molecule has 2 N–H and O–H groups in total. The van der Waals surface area contributed by atoms with E-state index in [9.17, 15) is 19.5 Å². The van der Waals surface area contributed by atoms with E-state index < -0.39 is 17.7 Å². The molecule has 1 aliphatic heterocycles. The third kappa shape index (κ3) is 5.32. The van der Waals surface area contributed by atoms with Gasteiger partial charge in [0.15, 0.2) is 0 Å². The molecular weight excluding hydrogens is 462 g/mol. The minimum absolute atomic E-state index is 0.0502. The summed E-state index contributed by atoms with van der Waals surface area (Å²) in [7, 11) is 0. The monoisotopic (exact) mass is 505 g/mol. The van der Waals surface area contributed by atoms with Gasteiger partial charge in [0.05, 0.1) is 5.92 Å². The number of phenolic OH excluding ortho intramolecular Hbond substituents is 1. The third-order valence-electron chi connectivity index (χ3n) is 9.42. The topological polar surface area (TPSA) is 83.5 Å². The van der Waals surface area contributed by atoms with Crippen LogP contribution in [0.4, 0.5) is 0 Å². The summed E-state index contributed by atoms with van der Waals surface area (Å²) in [6.07, 6.45) is 9.10. The Morgan fingerprint density at radius 1 is 1.16 bits per heavy atom. The molecule has 1 saturated heterocycles. The Balaban J connectivity index is 1.76. The number of allylic oxidation sites excluding steroid dienone is 4. The number of fused-ring (bicyclic) bond motifs is 1. The normalized spacial score (nSPS) is 35.0. The smallest absolute Gasteiger partial charge is 0.237 e. The summed E-state index contributed by atoms with van der Waals surface area (Å²) in [6.45, 7) is 13.2. The molecule has 2 fully saturated rings. The van der Waals surface area contributed by atoms with E-state index in [4.69, 9.17) is 0 Å². The lowest BCUT2D eigenvalue weighted by atomic mass is 9.51. The molecule has 0 radical (unpaired) electrons. The second kappa shape index (κ2) is 10.6. The van der Waals surface area contributed by atoms with E-state index in [0.717, 1.165) is 31.2 Å². The first-order valence-electron chi connectivity index (χ1n) is 14.0. The van der Waals surface area contributed by atoms with Crippen LogP contribution in [-0.2, 0) is 20.8 Å². The number of aromatic hydroxyl groups is 1. The molecule has 4 rings (SSSR count). The second-order valence-electron chi connectivity index (χ2n) is 12.4. The lowest BCUT2D eigenvalue weighted by Gasteiger charge is -2.52. The van der Waals surface area contributed by atoms with Crippen molar-refractivity contribution in [1.82, 2.24) is 5.32 Å². The van der Waals surface area contributed by atoms with Crippen molar-refractivity contribution in [3.8, 4) is 5.75 Å². The molecule has 3 aliphatic rings. The summed E-state index contributed by atoms with van der Waals surface area (Å²) in [4.78, 5) is 40.7. The van der Waals surface area contributed by atoms with Crippen molar-refractivity contribution in [2.75, 3.05) is 0 Å². The number of nitrogens with one attached hydrogen (secondary N) is 1. The highest BCUT2D eigenvalue weighted by Crippen LogP contribution is 2.56. The lowest BCUT2D eigenvalue weighted by molar-refractivity contribution is -0.140. The Morgan fingerprint density at radius 3 is 2.49 bits per heavy atom. The number of phenols is 1. The van der Waals surface area contributed by atoms with Gasteiger partial charge in [0.25, 0.3) is 0 Å². The minimum Gasteiger partial charge on any atom is -0.508 e. The van der Waals surface area contributed by atoms with Crippen LogP contribution in [-0.4, -0.2) is 22.7 Å². The van der Waals surface area contributed by atoms with Gasteiger partial charge in [-0.2, -0.15) is 0 Å². The van der Waals surface area contributed by atoms with Gasteiger partial charge >= 0.3 is 0 Å². The van der Waals surface area contributed by atoms with Gasteiger partial charge in [0.1, 0.15) is 17.5 Å². The van der Waals surface area contributed by atoms with E-state index in [-0.39, 0.29) is 40.6 Å². The van der Waals surface area contributed by atoms with E-state index in [1.165, 1.54) is 11.1 Å². The largest absolute Gasteiger partial charge is 0.508 e. The zero-order valence-electron chi connectivity index (χ0n) is 23.2. The molecule has 2 amide bonds. The number of carbonyl (C=O) groups is 3. The maximum Gasteiger partial charge on any atom is 0.237 e. The predicted molar refractivity (Wildman–Crippen MR) is 146 cm³/mol. The highest BCUT2D eigenvalue weighted by atomic mass is 16.3. The molecule has 2 aliphatic carbocycles. The molecule has 37 heavy (non-hydrogen) atoms. The number of ketones is 1. The summed E-state index contributed by atoms with van der Waals surface area (Å²) in [5, 5.41) is 12.1. The van der Waals surface area contributed by atoms with Crippen molar-refractivity contribution in [2.45, 2.75) is 73.6 Å². The molecule has 1 aromatic carbocycles. The first-order chi connectivity index (χ1) is 17.4. The van der Waals surface area contributed by atoms with Crippen LogP contribution in [0.2, 0.25) is 0 Å². The van der Waals surface area contributed by atoms with Gasteiger partial charge in [-0.1, -0.05) is 76.0 Å². The first-order valence-corrected chi connectivity index (χ1v) is 14.0. The highest BCUT2D eigenvalue weighted by molar-refractivity contribution is 6.16. The Hall–Kier alpha value is -2.69. The third-order valence-corrected chi connectivity index (χ3v) is 9.42. The van der Waals surface area contributed by atoms with Crippen LogP contribution >= 0.6 is 0 Å². The molecule has 200 valence electrons. The van der Waals surface area contributed by atoms with Crippen LogP contribution in [0.5, 0.6) is 5.75 Å². The molecular formula is C32H43NO4. The summed E-state index contributed by atoms with van der Waals surface area (Å²) < 4.78 is 0. The fourth-order valence-corrected chi connectivity index (χ4v) is 7.61. The Morgan fingerprint density at radius 2 is 1.84 bits per heavy atom. The van der Waals surface area contributed by atoms with Gasteiger partial charge < -0.3 is 5.11 Å². The Kier molecular flexibility index (Phi) is 7.83. The second-order valence-corrected chi connectivity index (χ2v) is 12.4. The molecule has 1 heterocycles. The molecule has 0 aromatic heterocycles. The van der Waals surface area contributed by atoms with Crippen molar-refractivity contribution in [3.63, 3.8) is 0 Å². The molecule has 1 saturated carbocycles. The highest BCUT2D eigenvalue weighted by Gasteiger charge is 2.55. The van der Waals surface area contributed by atoms with Crippen molar-refractivity contribution < 1.29 is 19.5 Å². The quantitative estimate of drug-likeness (QED) is 0.270. The zero-order chi connectivity index (χ0) is 27.1. The van der Waals surface area contributed by atoms with Gasteiger partial charge in [-0.15, -0.1) is 0 Å². The maximum atomic E-state index is 14.6. The summed E-state index contributed by atoms with van der Waals surface area (Å²) in [5.41, 5.74) is 3.14. The molecule has 0 spiro atoms. The average Bonchev–Trinajstić information content (AvgIpc) is 3.10. The Labute approximate surface area is 221 Å². The van der Waals surface area contributed by atoms with Crippen molar-refractivity contribution in [3.05, 3.63) is 53.1 Å². The number of hydrogen-bond donors (Lipinski definition) is 2. The van der Waals surface area contributed by atoms with Crippen LogP contribution in [0.25, 0.3) is 0 Å². The molecule has 5 heteroatoms. The van der Waals surface area contributed by atoms with E-state index in [1.54, 1.807) is 24.3 Å². The Bertz CT molecular complexity index is 1120. The standard InChI is InChI=1S/C32H43NO4/c1-7-18(2)14-20(4)26-21(5)17-32(6)16-19(3)8-13-25(32)28(26)29(35)27-24(30(36)33-31(27)37)15-22-9-11-23(34)12-10-22/h9-12,14,17-19,24-28,34H,7-8,13,15-16H2,1-6H3,(H,33,36,37)/b20-14+/t18-,19+,24-,25-,26-,27-,28-,32-/m0/s1. The minimum atomic E-state index is -0.986. The molecule has 8 atom stereocenters. The van der Waals surface area contributed by atoms with E-state index in [0.29, 0.717) is 18.3 Å². The van der Waals surface area contributed by atoms with Crippen molar-refractivity contribution in [1.29, 1.82) is 0 Å². The van der Waals surface area contributed by atoms with E-state index in [2.05, 4.69) is 59.0 Å². The number of imide groups is 1. The fourth-order valence-electron chi connectivity index (χ4n) is 7.61. The number of amides is 2. The van der Waals surface area contributed by atoms with Gasteiger partial charge in [-0.3, -0.25) is 19.7 Å². The molecule has 0 bridgehead atoms. The predicted octanol–water partition coefficient (Wildman–Crippen LogP) is 6.02. The molecule has 0 unspecified atom stereocenters. The number of Topliss-reactive ketones (excluding diaryl/α,β-unsaturated/α-hetero) is 1.